The third kappa shape index (κ3) is 3.53. The van der Waals surface area contributed by atoms with Crippen molar-refractivity contribution in [3.63, 3.8) is 0 Å². The van der Waals surface area contributed by atoms with E-state index >= 15 is 0 Å². The summed E-state index contributed by atoms with van der Waals surface area (Å²) in [6.07, 6.45) is 1.68. The van der Waals surface area contributed by atoms with Gasteiger partial charge in [-0.15, -0.1) is 0 Å². The van der Waals surface area contributed by atoms with E-state index in [2.05, 4.69) is 10.4 Å². The van der Waals surface area contributed by atoms with Gasteiger partial charge in [0, 0.05) is 11.8 Å². The Morgan fingerprint density at radius 1 is 1.24 bits per heavy atom. The lowest BCUT2D eigenvalue weighted by molar-refractivity contribution is -0.150. The third-order valence-corrected chi connectivity index (χ3v) is 4.53. The van der Waals surface area contributed by atoms with Crippen LogP contribution in [0.25, 0.3) is 0 Å². The van der Waals surface area contributed by atoms with Gasteiger partial charge < -0.3 is 10.1 Å². The number of ether oxygens (including phenoxy) is 1. The van der Waals surface area contributed by atoms with E-state index in [-0.39, 0.29) is 0 Å². The number of fused-ring (bicyclic) bond motifs is 1. The van der Waals surface area contributed by atoms with E-state index in [1.807, 2.05) is 39.8 Å². The Balaban J connectivity index is 2.13. The van der Waals surface area contributed by atoms with Gasteiger partial charge in [0.15, 0.2) is 0 Å². The van der Waals surface area contributed by atoms with Gasteiger partial charge >= 0.3 is 5.97 Å². The number of esters is 1. The van der Waals surface area contributed by atoms with Crippen LogP contribution in [0.2, 0.25) is 10.0 Å². The Labute approximate surface area is 156 Å². The molecule has 0 bridgehead atoms. The minimum absolute atomic E-state index is 0.394. The highest BCUT2D eigenvalue weighted by atomic mass is 35.5. The first-order valence-electron chi connectivity index (χ1n) is 7.87. The van der Waals surface area contributed by atoms with Crippen LogP contribution < -0.4 is 5.32 Å². The molecular formula is C18H19Cl2N3O2. The van der Waals surface area contributed by atoms with Gasteiger partial charge in [0.25, 0.3) is 0 Å². The molecule has 1 N–H and O–H groups in total. The predicted octanol–water partition coefficient (Wildman–Crippen LogP) is 4.82. The van der Waals surface area contributed by atoms with Gasteiger partial charge in [-0.1, -0.05) is 29.3 Å². The molecule has 3 rings (SSSR count). The first-order chi connectivity index (χ1) is 11.7. The van der Waals surface area contributed by atoms with Gasteiger partial charge in [-0.25, -0.2) is 9.48 Å². The van der Waals surface area contributed by atoms with E-state index in [1.165, 1.54) is 0 Å². The number of nitrogens with zero attached hydrogens (tertiary/aromatic N) is 2. The first-order valence-corrected chi connectivity index (χ1v) is 8.62. The fourth-order valence-electron chi connectivity index (χ4n) is 2.79. The molecule has 0 fully saturated rings. The van der Waals surface area contributed by atoms with Gasteiger partial charge in [-0.05, 0) is 45.4 Å². The van der Waals surface area contributed by atoms with Crippen molar-refractivity contribution in [2.24, 2.45) is 0 Å². The second-order valence-electron chi connectivity index (χ2n) is 6.90. The number of rotatable bonds is 2. The molecule has 0 radical (unpaired) electrons. The molecule has 25 heavy (non-hydrogen) atoms. The second-order valence-corrected chi connectivity index (χ2v) is 7.72. The Morgan fingerprint density at radius 3 is 2.60 bits per heavy atom. The number of carbonyl (C=O) groups is 1. The molecule has 1 unspecified atom stereocenters. The topological polar surface area (TPSA) is 56.2 Å². The van der Waals surface area contributed by atoms with Crippen molar-refractivity contribution in [3.8, 4) is 0 Å². The number of halogens is 2. The summed E-state index contributed by atoms with van der Waals surface area (Å²) in [7, 11) is 0. The molecule has 1 aliphatic rings. The number of benzene rings is 1. The van der Waals surface area contributed by atoms with E-state index in [1.54, 1.807) is 23.0 Å². The molecule has 1 aliphatic heterocycles. The van der Waals surface area contributed by atoms with E-state index in [0.717, 1.165) is 17.1 Å². The summed E-state index contributed by atoms with van der Waals surface area (Å²) in [5, 5.41) is 8.45. The molecule has 5 nitrogen and oxygen atoms in total. The first kappa shape index (κ1) is 17.8. The molecule has 2 aromatic rings. The predicted molar refractivity (Wildman–Crippen MR) is 99.0 cm³/mol. The van der Waals surface area contributed by atoms with Crippen LogP contribution in [-0.4, -0.2) is 21.4 Å². The summed E-state index contributed by atoms with van der Waals surface area (Å²) in [4.78, 5) is 12.9. The standard InChI is InChI=1S/C18H19Cl2N3O2/c1-10-15(17(24)25-18(2,3)4)16(23-14(22-10)7-8-21-23)11-5-6-12(19)13(20)9-11/h5-9,16,22H,1-4H3. The van der Waals surface area contributed by atoms with E-state index in [9.17, 15) is 4.79 Å². The number of nitrogens with one attached hydrogen (secondary N) is 1. The van der Waals surface area contributed by atoms with Crippen LogP contribution in [0.1, 0.15) is 39.3 Å². The van der Waals surface area contributed by atoms with Crippen LogP contribution in [0.3, 0.4) is 0 Å². The van der Waals surface area contributed by atoms with Crippen LogP contribution >= 0.6 is 23.2 Å². The highest BCUT2D eigenvalue weighted by molar-refractivity contribution is 6.42. The molecule has 1 aromatic heterocycles. The summed E-state index contributed by atoms with van der Waals surface area (Å²) in [5.74, 6) is 0.399. The summed E-state index contributed by atoms with van der Waals surface area (Å²) < 4.78 is 7.35. The van der Waals surface area contributed by atoms with Crippen molar-refractivity contribution < 1.29 is 9.53 Å². The zero-order chi connectivity index (χ0) is 18.4. The number of allylic oxidation sites excluding steroid dienone is 1. The van der Waals surface area contributed by atoms with Crippen LogP contribution in [0, 0.1) is 0 Å². The SMILES string of the molecule is CC1=C(C(=O)OC(C)(C)C)C(c2ccc(Cl)c(Cl)c2)n2nccc2N1. The minimum atomic E-state index is -0.600. The fraction of sp³-hybridized carbons (Fsp3) is 0.333. The molecule has 2 heterocycles. The Bertz CT molecular complexity index is 865. The third-order valence-electron chi connectivity index (χ3n) is 3.79. The molecule has 1 atom stereocenters. The average molecular weight is 380 g/mol. The molecule has 0 saturated carbocycles. The van der Waals surface area contributed by atoms with Crippen molar-refractivity contribution in [2.45, 2.75) is 39.3 Å². The summed E-state index contributed by atoms with van der Waals surface area (Å²) in [6, 6.07) is 6.71. The summed E-state index contributed by atoms with van der Waals surface area (Å²) >= 11 is 12.2. The van der Waals surface area contributed by atoms with Gasteiger partial charge in [0.2, 0.25) is 0 Å². The molecule has 132 valence electrons. The van der Waals surface area contributed by atoms with Gasteiger partial charge in [-0.3, -0.25) is 0 Å². The largest absolute Gasteiger partial charge is 0.456 e. The Hall–Kier alpha value is -1.98. The van der Waals surface area contributed by atoms with E-state index in [4.69, 9.17) is 27.9 Å². The van der Waals surface area contributed by atoms with E-state index < -0.39 is 17.6 Å². The molecule has 0 saturated heterocycles. The fourth-order valence-corrected chi connectivity index (χ4v) is 3.10. The molecule has 0 spiro atoms. The highest BCUT2D eigenvalue weighted by Gasteiger charge is 2.35. The zero-order valence-electron chi connectivity index (χ0n) is 14.4. The lowest BCUT2D eigenvalue weighted by atomic mass is 9.95. The maximum atomic E-state index is 12.9. The lowest BCUT2D eigenvalue weighted by Gasteiger charge is -2.31. The number of aromatic nitrogens is 2. The van der Waals surface area contributed by atoms with Crippen LogP contribution in [0.4, 0.5) is 5.82 Å². The zero-order valence-corrected chi connectivity index (χ0v) is 15.9. The molecule has 1 aromatic carbocycles. The quantitative estimate of drug-likeness (QED) is 0.759. The molecule has 7 heteroatoms. The minimum Gasteiger partial charge on any atom is -0.456 e. The summed E-state index contributed by atoms with van der Waals surface area (Å²) in [5.41, 5.74) is 1.42. The number of anilines is 1. The van der Waals surface area contributed by atoms with E-state index in [0.29, 0.717) is 15.6 Å². The highest BCUT2D eigenvalue weighted by Crippen LogP contribution is 2.38. The number of hydrogen-bond acceptors (Lipinski definition) is 4. The average Bonchev–Trinajstić information content (AvgIpc) is 2.94. The number of carbonyl (C=O) groups excluding carboxylic acids is 1. The van der Waals surface area contributed by atoms with Crippen LogP contribution in [-0.2, 0) is 9.53 Å². The van der Waals surface area contributed by atoms with Gasteiger partial charge in [0.1, 0.15) is 17.5 Å². The van der Waals surface area contributed by atoms with Crippen LogP contribution in [0.5, 0.6) is 0 Å². The van der Waals surface area contributed by atoms with Gasteiger partial charge in [0.05, 0.1) is 21.8 Å². The normalized spacial score (nSPS) is 17.1. The Morgan fingerprint density at radius 2 is 1.96 bits per heavy atom. The maximum Gasteiger partial charge on any atom is 0.338 e. The van der Waals surface area contributed by atoms with Crippen molar-refractivity contribution in [3.05, 3.63) is 57.3 Å². The monoisotopic (exact) mass is 379 g/mol. The van der Waals surface area contributed by atoms with Crippen LogP contribution in [0.15, 0.2) is 41.7 Å². The van der Waals surface area contributed by atoms with Crippen molar-refractivity contribution in [2.75, 3.05) is 5.32 Å². The molecule has 0 aliphatic carbocycles. The van der Waals surface area contributed by atoms with Crippen molar-refractivity contribution in [1.29, 1.82) is 0 Å². The maximum absolute atomic E-state index is 12.9. The number of hydrogen-bond donors (Lipinski definition) is 1. The summed E-state index contributed by atoms with van der Waals surface area (Å²) in [6.45, 7) is 7.36. The second kappa shape index (κ2) is 6.39. The van der Waals surface area contributed by atoms with Crippen molar-refractivity contribution >= 4 is 35.0 Å². The molecular weight excluding hydrogens is 361 g/mol. The van der Waals surface area contributed by atoms with Crippen molar-refractivity contribution in [1.82, 2.24) is 9.78 Å². The smallest absolute Gasteiger partial charge is 0.338 e. The molecule has 0 amide bonds. The lowest BCUT2D eigenvalue weighted by Crippen LogP contribution is -2.33. The van der Waals surface area contributed by atoms with Gasteiger partial charge in [-0.2, -0.15) is 5.10 Å². The Kier molecular flexibility index (Phi) is 4.56.